The highest BCUT2D eigenvalue weighted by atomic mass is 32.2. The topological polar surface area (TPSA) is 54.8 Å². The van der Waals surface area contributed by atoms with Gasteiger partial charge in [0.25, 0.3) is 10.0 Å². The Balaban J connectivity index is 1.76. The van der Waals surface area contributed by atoms with E-state index in [0.29, 0.717) is 22.9 Å². The van der Waals surface area contributed by atoms with Crippen LogP contribution in [-0.4, -0.2) is 62.5 Å². The molecule has 0 N–H and O–H groups in total. The largest absolute Gasteiger partial charge is 0.497 e. The van der Waals surface area contributed by atoms with Gasteiger partial charge in [0, 0.05) is 31.2 Å². The van der Waals surface area contributed by atoms with E-state index in [1.807, 2.05) is 30.3 Å². The summed E-state index contributed by atoms with van der Waals surface area (Å²) in [5.74, 6) is 1.08. The van der Waals surface area contributed by atoms with Gasteiger partial charge in [-0.25, -0.2) is 12.4 Å². The summed E-state index contributed by atoms with van der Waals surface area (Å²) >= 11 is 0. The Morgan fingerprint density at radius 2 is 1.75 bits per heavy atom. The number of hydrogen-bond donors (Lipinski definition) is 0. The van der Waals surface area contributed by atoms with Crippen LogP contribution in [-0.2, 0) is 16.6 Å². The normalized spacial score (nSPS) is 16.5. The minimum atomic E-state index is -3.71. The first-order valence-electron chi connectivity index (χ1n) is 11.2. The summed E-state index contributed by atoms with van der Waals surface area (Å²) in [5.41, 5.74) is 2.81. The Bertz CT molecular complexity index is 1180. The number of likely N-dealkylation sites (N-methyl/N-ethyl adjacent to an activating group) is 1. The molecule has 2 aromatic carbocycles. The monoisotopic (exact) mass is 455 g/mol. The third-order valence-corrected chi connectivity index (χ3v) is 8.06. The molecule has 7 heteroatoms. The summed E-state index contributed by atoms with van der Waals surface area (Å²) in [5, 5.41) is 0.921. The van der Waals surface area contributed by atoms with Crippen molar-refractivity contribution in [2.45, 2.75) is 37.6 Å². The van der Waals surface area contributed by atoms with Gasteiger partial charge in [0.05, 0.1) is 17.5 Å². The molecule has 6 nitrogen and oxygen atoms in total. The van der Waals surface area contributed by atoms with Crippen molar-refractivity contribution in [3.63, 3.8) is 0 Å². The molecule has 1 aliphatic rings. The zero-order valence-electron chi connectivity index (χ0n) is 19.4. The third-order valence-electron chi connectivity index (χ3n) is 6.37. The van der Waals surface area contributed by atoms with Crippen molar-refractivity contribution in [2.75, 3.05) is 40.3 Å². The van der Waals surface area contributed by atoms with E-state index in [9.17, 15) is 8.42 Å². The predicted molar refractivity (Wildman–Crippen MR) is 129 cm³/mol. The molecule has 1 aliphatic heterocycles. The number of benzene rings is 2. The number of nitrogens with zero attached hydrogens (tertiary/aromatic N) is 3. The van der Waals surface area contributed by atoms with E-state index in [1.54, 1.807) is 25.4 Å². The van der Waals surface area contributed by atoms with Gasteiger partial charge in [-0.05, 0) is 73.9 Å². The van der Waals surface area contributed by atoms with E-state index in [1.165, 1.54) is 3.97 Å². The molecule has 2 heterocycles. The van der Waals surface area contributed by atoms with Crippen LogP contribution >= 0.6 is 0 Å². The average molecular weight is 456 g/mol. The van der Waals surface area contributed by atoms with Gasteiger partial charge in [0.15, 0.2) is 0 Å². The first-order chi connectivity index (χ1) is 15.3. The van der Waals surface area contributed by atoms with Crippen molar-refractivity contribution in [1.82, 2.24) is 13.8 Å². The number of rotatable bonds is 6. The molecule has 4 rings (SSSR count). The van der Waals surface area contributed by atoms with Crippen molar-refractivity contribution >= 4 is 20.9 Å². The van der Waals surface area contributed by atoms with Gasteiger partial charge in [0.1, 0.15) is 5.75 Å². The number of methoxy groups -OCH3 is 1. The summed E-state index contributed by atoms with van der Waals surface area (Å²) in [6, 6.07) is 12.8. The van der Waals surface area contributed by atoms with Crippen molar-refractivity contribution < 1.29 is 13.2 Å². The van der Waals surface area contributed by atoms with E-state index in [-0.39, 0.29) is 0 Å². The molecule has 0 atom stereocenters. The van der Waals surface area contributed by atoms with Crippen LogP contribution in [0.2, 0.25) is 0 Å². The van der Waals surface area contributed by atoms with Gasteiger partial charge < -0.3 is 9.64 Å². The molecule has 0 amide bonds. The van der Waals surface area contributed by atoms with Gasteiger partial charge in [0.2, 0.25) is 0 Å². The summed E-state index contributed by atoms with van der Waals surface area (Å²) in [4.78, 5) is 5.06. The van der Waals surface area contributed by atoms with Crippen LogP contribution in [0.3, 0.4) is 0 Å². The second kappa shape index (κ2) is 9.25. The second-order valence-electron chi connectivity index (χ2n) is 8.99. The third kappa shape index (κ3) is 4.56. The Hall–Kier alpha value is -2.35. The molecule has 0 radical (unpaired) electrons. The summed E-state index contributed by atoms with van der Waals surface area (Å²) in [7, 11) is 0.0701. The maximum Gasteiger partial charge on any atom is 0.268 e. The minimum Gasteiger partial charge on any atom is -0.497 e. The van der Waals surface area contributed by atoms with E-state index in [0.717, 1.165) is 54.9 Å². The summed E-state index contributed by atoms with van der Waals surface area (Å²) in [6.45, 7) is 9.00. The van der Waals surface area contributed by atoms with Crippen molar-refractivity contribution in [3.05, 3.63) is 59.8 Å². The maximum atomic E-state index is 13.6. The molecule has 0 bridgehead atoms. The van der Waals surface area contributed by atoms with Crippen LogP contribution in [0.5, 0.6) is 5.75 Å². The van der Waals surface area contributed by atoms with Gasteiger partial charge in [-0.3, -0.25) is 4.90 Å². The Labute approximate surface area is 191 Å². The molecule has 0 spiro atoms. The number of aromatic nitrogens is 1. The van der Waals surface area contributed by atoms with Crippen molar-refractivity contribution in [2.24, 2.45) is 0 Å². The molecule has 0 saturated carbocycles. The van der Waals surface area contributed by atoms with E-state index < -0.39 is 10.0 Å². The zero-order valence-corrected chi connectivity index (χ0v) is 20.2. The lowest BCUT2D eigenvalue weighted by Gasteiger charge is -2.19. The van der Waals surface area contributed by atoms with Crippen LogP contribution in [0.4, 0.5) is 0 Å². The standard InChI is InChI=1S/C25H33N3O3S/c1-19(2)20-6-9-23(10-7-20)32(29,30)28-18-21(17-27-13-5-12-26(3)14-15-27)24-16-22(31-4)8-11-25(24)28/h6-11,16,18-19H,5,12-15,17H2,1-4H3. The highest BCUT2D eigenvalue weighted by Gasteiger charge is 2.23. The molecule has 1 aromatic heterocycles. The highest BCUT2D eigenvalue weighted by Crippen LogP contribution is 2.30. The molecule has 3 aromatic rings. The molecule has 0 unspecified atom stereocenters. The number of fused-ring (bicyclic) bond motifs is 1. The van der Waals surface area contributed by atoms with E-state index >= 15 is 0 Å². The minimum absolute atomic E-state index is 0.303. The Morgan fingerprint density at radius 3 is 2.44 bits per heavy atom. The van der Waals surface area contributed by atoms with Crippen molar-refractivity contribution in [1.29, 1.82) is 0 Å². The van der Waals surface area contributed by atoms with Gasteiger partial charge in [-0.15, -0.1) is 0 Å². The van der Waals surface area contributed by atoms with Gasteiger partial charge in [-0.2, -0.15) is 0 Å². The quantitative estimate of drug-likeness (QED) is 0.559. The molecule has 1 saturated heterocycles. The Morgan fingerprint density at radius 1 is 1.00 bits per heavy atom. The van der Waals surface area contributed by atoms with Gasteiger partial charge >= 0.3 is 0 Å². The fraction of sp³-hybridized carbons (Fsp3) is 0.440. The molecular weight excluding hydrogens is 422 g/mol. The van der Waals surface area contributed by atoms with Crippen molar-refractivity contribution in [3.8, 4) is 5.75 Å². The lowest BCUT2D eigenvalue weighted by Crippen LogP contribution is -2.28. The van der Waals surface area contributed by atoms with Crippen LogP contribution in [0.15, 0.2) is 53.6 Å². The van der Waals surface area contributed by atoms with E-state index in [4.69, 9.17) is 4.74 Å². The SMILES string of the molecule is COc1ccc2c(c1)c(CN1CCCN(C)CC1)cn2S(=O)(=O)c1ccc(C(C)C)cc1. The smallest absolute Gasteiger partial charge is 0.268 e. The van der Waals surface area contributed by atoms with Crippen LogP contribution in [0.1, 0.15) is 37.3 Å². The predicted octanol–water partition coefficient (Wildman–Crippen LogP) is 4.15. The first-order valence-corrected chi connectivity index (χ1v) is 12.7. The number of hydrogen-bond acceptors (Lipinski definition) is 5. The molecular formula is C25H33N3O3S. The van der Waals surface area contributed by atoms with E-state index in [2.05, 4.69) is 30.7 Å². The highest BCUT2D eigenvalue weighted by molar-refractivity contribution is 7.90. The average Bonchev–Trinajstić information content (AvgIpc) is 3.02. The van der Waals surface area contributed by atoms with Crippen LogP contribution in [0.25, 0.3) is 10.9 Å². The number of ether oxygens (including phenoxy) is 1. The Kier molecular flexibility index (Phi) is 6.60. The summed E-state index contributed by atoms with van der Waals surface area (Å²) < 4.78 is 34.1. The zero-order chi connectivity index (χ0) is 22.9. The molecule has 0 aliphatic carbocycles. The second-order valence-corrected chi connectivity index (χ2v) is 10.8. The molecule has 32 heavy (non-hydrogen) atoms. The first kappa shape index (κ1) is 22.8. The summed E-state index contributed by atoms with van der Waals surface area (Å²) in [6.07, 6.45) is 2.91. The lowest BCUT2D eigenvalue weighted by atomic mass is 10.0. The van der Waals surface area contributed by atoms with Gasteiger partial charge in [-0.1, -0.05) is 26.0 Å². The van der Waals surface area contributed by atoms with Crippen LogP contribution < -0.4 is 4.74 Å². The maximum absolute atomic E-state index is 13.6. The fourth-order valence-electron chi connectivity index (χ4n) is 4.33. The lowest BCUT2D eigenvalue weighted by molar-refractivity contribution is 0.270. The molecule has 172 valence electrons. The van der Waals surface area contributed by atoms with Crippen LogP contribution in [0, 0.1) is 0 Å². The molecule has 1 fully saturated rings. The fourth-order valence-corrected chi connectivity index (χ4v) is 5.73.